The summed E-state index contributed by atoms with van der Waals surface area (Å²) >= 11 is 0. The van der Waals surface area contributed by atoms with Gasteiger partial charge < -0.3 is 9.84 Å². The summed E-state index contributed by atoms with van der Waals surface area (Å²) in [5.41, 5.74) is 1.50. The van der Waals surface area contributed by atoms with Crippen LogP contribution in [0.15, 0.2) is 30.6 Å². The van der Waals surface area contributed by atoms with Crippen LogP contribution in [0.3, 0.4) is 0 Å². The number of ether oxygens (including phenoxy) is 1. The molecule has 6 heteroatoms. The molecule has 2 rings (SSSR count). The van der Waals surface area contributed by atoms with Crippen molar-refractivity contribution in [2.75, 3.05) is 6.61 Å². The van der Waals surface area contributed by atoms with Crippen LogP contribution >= 0.6 is 0 Å². The summed E-state index contributed by atoms with van der Waals surface area (Å²) in [6, 6.07) is 5.29. The van der Waals surface area contributed by atoms with Crippen LogP contribution in [0.4, 0.5) is 0 Å². The molecule has 0 aliphatic carbocycles. The summed E-state index contributed by atoms with van der Waals surface area (Å²) in [5, 5.41) is 8.61. The smallest absolute Gasteiger partial charge is 0.341 e. The van der Waals surface area contributed by atoms with Crippen molar-refractivity contribution in [3.63, 3.8) is 0 Å². The third-order valence-electron chi connectivity index (χ3n) is 2.37. The summed E-state index contributed by atoms with van der Waals surface area (Å²) in [5.74, 6) is -0.186. The molecule has 2 aromatic heterocycles. The third-order valence-corrected chi connectivity index (χ3v) is 2.37. The van der Waals surface area contributed by atoms with Gasteiger partial charge in [-0.05, 0) is 12.1 Å². The zero-order chi connectivity index (χ0) is 13.7. The average Bonchev–Trinajstić information content (AvgIpc) is 2.45. The fraction of sp³-hybridized carbons (Fsp3) is 0.231. The Bertz CT molecular complexity index is 573. The quantitative estimate of drug-likeness (QED) is 0.877. The molecule has 19 heavy (non-hydrogen) atoms. The standard InChI is InChI=1S/C13H13N3O3/c1-2-11-15-10(9-4-3-5-14-7-9)6-12(16-11)19-8-13(17)18/h3-7H,2,8H2,1H3,(H,17,18). The molecule has 1 N–H and O–H groups in total. The molecule has 0 saturated carbocycles. The van der Waals surface area contributed by atoms with Crippen LogP contribution in [0.5, 0.6) is 5.88 Å². The summed E-state index contributed by atoms with van der Waals surface area (Å²) in [6.45, 7) is 1.50. The Morgan fingerprint density at radius 2 is 2.26 bits per heavy atom. The van der Waals surface area contributed by atoms with Gasteiger partial charge in [-0.25, -0.2) is 9.78 Å². The first-order chi connectivity index (χ1) is 9.19. The molecule has 0 bridgehead atoms. The molecule has 0 fully saturated rings. The molecule has 2 heterocycles. The molecule has 0 amide bonds. The molecule has 0 aliphatic heterocycles. The minimum Gasteiger partial charge on any atom is -0.479 e. The lowest BCUT2D eigenvalue weighted by molar-refractivity contribution is -0.139. The number of carbonyl (C=O) groups is 1. The second kappa shape index (κ2) is 5.90. The van der Waals surface area contributed by atoms with Crippen molar-refractivity contribution in [2.45, 2.75) is 13.3 Å². The topological polar surface area (TPSA) is 85.2 Å². The highest BCUT2D eigenvalue weighted by atomic mass is 16.5. The van der Waals surface area contributed by atoms with Crippen LogP contribution in [0.2, 0.25) is 0 Å². The van der Waals surface area contributed by atoms with Gasteiger partial charge in [-0.3, -0.25) is 4.98 Å². The number of nitrogens with zero attached hydrogens (tertiary/aromatic N) is 3. The van der Waals surface area contributed by atoms with Crippen molar-refractivity contribution in [3.8, 4) is 17.1 Å². The first kappa shape index (κ1) is 12.9. The van der Waals surface area contributed by atoms with Gasteiger partial charge in [0.25, 0.3) is 0 Å². The van der Waals surface area contributed by atoms with Crippen molar-refractivity contribution in [3.05, 3.63) is 36.4 Å². The largest absolute Gasteiger partial charge is 0.479 e. The molecule has 98 valence electrons. The van der Waals surface area contributed by atoms with Gasteiger partial charge in [0.2, 0.25) is 5.88 Å². The summed E-state index contributed by atoms with van der Waals surface area (Å²) < 4.78 is 5.10. The van der Waals surface area contributed by atoms with Crippen molar-refractivity contribution < 1.29 is 14.6 Å². The average molecular weight is 259 g/mol. The lowest BCUT2D eigenvalue weighted by Crippen LogP contribution is -2.11. The van der Waals surface area contributed by atoms with Crippen molar-refractivity contribution in [2.24, 2.45) is 0 Å². The van der Waals surface area contributed by atoms with E-state index in [9.17, 15) is 4.79 Å². The molecular formula is C13H13N3O3. The van der Waals surface area contributed by atoms with Gasteiger partial charge >= 0.3 is 5.97 Å². The molecule has 0 saturated heterocycles. The van der Waals surface area contributed by atoms with Crippen LogP contribution in [-0.2, 0) is 11.2 Å². The molecule has 0 aliphatic rings. The molecule has 6 nitrogen and oxygen atoms in total. The molecule has 0 aromatic carbocycles. The van der Waals surface area contributed by atoms with E-state index in [0.29, 0.717) is 17.9 Å². The van der Waals surface area contributed by atoms with Gasteiger partial charge in [-0.2, -0.15) is 4.98 Å². The number of aromatic nitrogens is 3. The zero-order valence-corrected chi connectivity index (χ0v) is 10.4. The Morgan fingerprint density at radius 3 is 2.89 bits per heavy atom. The van der Waals surface area contributed by atoms with E-state index < -0.39 is 12.6 Å². The van der Waals surface area contributed by atoms with E-state index >= 15 is 0 Å². The zero-order valence-electron chi connectivity index (χ0n) is 10.4. The maximum Gasteiger partial charge on any atom is 0.341 e. The van der Waals surface area contributed by atoms with E-state index in [2.05, 4.69) is 15.0 Å². The van der Waals surface area contributed by atoms with E-state index in [1.165, 1.54) is 0 Å². The highest BCUT2D eigenvalue weighted by molar-refractivity contribution is 5.68. The molecular weight excluding hydrogens is 246 g/mol. The molecule has 0 radical (unpaired) electrons. The second-order valence-corrected chi connectivity index (χ2v) is 3.79. The monoisotopic (exact) mass is 259 g/mol. The van der Waals surface area contributed by atoms with Crippen molar-refractivity contribution in [1.29, 1.82) is 0 Å². The van der Waals surface area contributed by atoms with E-state index in [0.717, 1.165) is 5.56 Å². The third kappa shape index (κ3) is 3.48. The van der Waals surface area contributed by atoms with E-state index in [-0.39, 0.29) is 5.88 Å². The van der Waals surface area contributed by atoms with Crippen LogP contribution in [-0.4, -0.2) is 32.6 Å². The molecule has 2 aromatic rings. The number of hydrogen-bond acceptors (Lipinski definition) is 5. The maximum atomic E-state index is 10.5. The first-order valence-corrected chi connectivity index (χ1v) is 5.82. The fourth-order valence-corrected chi connectivity index (χ4v) is 1.50. The number of rotatable bonds is 5. The highest BCUT2D eigenvalue weighted by Crippen LogP contribution is 2.20. The summed E-state index contributed by atoms with van der Waals surface area (Å²) in [7, 11) is 0. The maximum absolute atomic E-state index is 10.5. The Hall–Kier alpha value is -2.50. The fourth-order valence-electron chi connectivity index (χ4n) is 1.50. The second-order valence-electron chi connectivity index (χ2n) is 3.79. The Kier molecular flexibility index (Phi) is 4.02. The Balaban J connectivity index is 2.33. The predicted molar refractivity (Wildman–Crippen MR) is 67.8 cm³/mol. The van der Waals surface area contributed by atoms with Crippen LogP contribution in [0, 0.1) is 0 Å². The van der Waals surface area contributed by atoms with Gasteiger partial charge in [0, 0.05) is 30.4 Å². The van der Waals surface area contributed by atoms with Gasteiger partial charge in [0.1, 0.15) is 5.82 Å². The Morgan fingerprint density at radius 1 is 1.42 bits per heavy atom. The first-order valence-electron chi connectivity index (χ1n) is 5.82. The predicted octanol–water partition coefficient (Wildman–Crippen LogP) is 1.56. The lowest BCUT2D eigenvalue weighted by Gasteiger charge is -2.07. The summed E-state index contributed by atoms with van der Waals surface area (Å²) in [6.07, 6.45) is 3.99. The van der Waals surface area contributed by atoms with Gasteiger partial charge in [-0.15, -0.1) is 0 Å². The van der Waals surface area contributed by atoms with E-state index in [1.54, 1.807) is 24.5 Å². The van der Waals surface area contributed by atoms with E-state index in [1.807, 2.05) is 13.0 Å². The van der Waals surface area contributed by atoms with Crippen molar-refractivity contribution in [1.82, 2.24) is 15.0 Å². The Labute approximate surface area is 110 Å². The number of carboxylic acids is 1. The molecule has 0 atom stereocenters. The summed E-state index contributed by atoms with van der Waals surface area (Å²) in [4.78, 5) is 23.0. The number of carboxylic acid groups (broad SMARTS) is 1. The van der Waals surface area contributed by atoms with Gasteiger partial charge in [0.05, 0.1) is 5.69 Å². The molecule has 0 unspecified atom stereocenters. The van der Waals surface area contributed by atoms with Crippen LogP contribution in [0.25, 0.3) is 11.3 Å². The van der Waals surface area contributed by atoms with Crippen molar-refractivity contribution >= 4 is 5.97 Å². The van der Waals surface area contributed by atoms with E-state index in [4.69, 9.17) is 9.84 Å². The highest BCUT2D eigenvalue weighted by Gasteiger charge is 2.08. The van der Waals surface area contributed by atoms with Gasteiger partial charge in [-0.1, -0.05) is 6.92 Å². The van der Waals surface area contributed by atoms with Crippen LogP contribution in [0.1, 0.15) is 12.7 Å². The van der Waals surface area contributed by atoms with Crippen LogP contribution < -0.4 is 4.74 Å². The number of hydrogen-bond donors (Lipinski definition) is 1. The normalized spacial score (nSPS) is 10.2. The van der Waals surface area contributed by atoms with Gasteiger partial charge in [0.15, 0.2) is 6.61 Å². The number of pyridine rings is 1. The molecule has 0 spiro atoms. The number of aliphatic carboxylic acids is 1. The minimum atomic E-state index is -1.04. The lowest BCUT2D eigenvalue weighted by atomic mass is 10.2. The number of aryl methyl sites for hydroxylation is 1. The SMILES string of the molecule is CCc1nc(OCC(=O)O)cc(-c2cccnc2)n1. The minimum absolute atomic E-state index is 0.258.